The van der Waals surface area contributed by atoms with E-state index in [1.54, 1.807) is 0 Å². The highest BCUT2D eigenvalue weighted by molar-refractivity contribution is 6.24. The molecule has 0 radical (unpaired) electrons. The molecule has 0 heterocycles. The average Bonchev–Trinajstić information content (AvgIpc) is 2.91. The molecule has 44 heavy (non-hydrogen) atoms. The van der Waals surface area contributed by atoms with Crippen LogP contribution in [0.3, 0.4) is 0 Å². The monoisotopic (exact) mass is 598 g/mol. The topological polar surface area (TPSA) is 90.6 Å². The Morgan fingerprint density at radius 2 is 1.89 bits per heavy atom. The summed E-state index contributed by atoms with van der Waals surface area (Å²) in [5, 5.41) is 18.2. The molecule has 0 amide bonds. The van der Waals surface area contributed by atoms with Gasteiger partial charge in [0, 0.05) is 59.8 Å². The minimum atomic E-state index is -0.578. The number of carbonyl (C=O) groups is 1. The number of benzene rings is 1. The number of ketones is 1. The maximum Gasteiger partial charge on any atom is 0.189 e. The number of fused-ring (bicyclic) bond motifs is 3. The molecule has 0 aliphatic heterocycles. The fourth-order valence-corrected chi connectivity index (χ4v) is 9.05. The van der Waals surface area contributed by atoms with E-state index in [4.69, 9.17) is 5.73 Å². The number of nitrogens with zero attached hydrogens (tertiary/aromatic N) is 1. The van der Waals surface area contributed by atoms with Gasteiger partial charge in [0.05, 0.1) is 5.82 Å². The molecule has 0 saturated heterocycles. The van der Waals surface area contributed by atoms with Crippen LogP contribution in [0, 0.1) is 30.1 Å². The Hall–Kier alpha value is -3.35. The summed E-state index contributed by atoms with van der Waals surface area (Å²) in [7, 11) is 6.29. The van der Waals surface area contributed by atoms with Gasteiger partial charge in [-0.3, -0.25) is 4.79 Å². The molecule has 3 aliphatic carbocycles. The van der Waals surface area contributed by atoms with Crippen LogP contribution in [0.2, 0.25) is 5.31 Å². The van der Waals surface area contributed by atoms with Gasteiger partial charge in [-0.1, -0.05) is 66.3 Å². The molecule has 2 unspecified atom stereocenters. The van der Waals surface area contributed by atoms with Gasteiger partial charge in [0.1, 0.15) is 13.6 Å². The number of Topliss-reactive ketones (excluding diaryl/α,β-unsaturated/α-hetero) is 1. The summed E-state index contributed by atoms with van der Waals surface area (Å²) >= 11 is 0. The number of anilines is 2. The zero-order chi connectivity index (χ0) is 33.0. The van der Waals surface area contributed by atoms with E-state index in [9.17, 15) is 9.90 Å². The molecule has 6 nitrogen and oxygen atoms in total. The lowest BCUT2D eigenvalue weighted by Crippen LogP contribution is -2.54. The standard InChI is InChI=1S/C37H55BN4O2/c1-13-15-26(14-2)40-24(9)41-28-17-29(42(11)12)27-16-25-18-36(10)33(19(3)4)35(44)31(23(8)39)21(6)37(36,38)22(7)32(25)34(43)30(27)20(28)5/h17,19,25-26,33,40-41,44H,6,8-9,13-16,18,38-39H2,1-5,7,10-12H3/t25?,26?,33-,36+,37-/m1/s1. The molecule has 5 N–H and O–H groups in total. The third-order valence-corrected chi connectivity index (χ3v) is 11.4. The van der Waals surface area contributed by atoms with Crippen LogP contribution < -0.4 is 21.3 Å². The van der Waals surface area contributed by atoms with Crippen LogP contribution in [0.5, 0.6) is 0 Å². The van der Waals surface area contributed by atoms with Crippen LogP contribution in [0.4, 0.5) is 11.4 Å². The summed E-state index contributed by atoms with van der Waals surface area (Å²) in [5.41, 5.74) is 14.2. The molecule has 1 aromatic rings. The first-order valence-corrected chi connectivity index (χ1v) is 16.4. The van der Waals surface area contributed by atoms with E-state index in [1.165, 1.54) is 0 Å². The van der Waals surface area contributed by atoms with Crippen LogP contribution in [-0.4, -0.2) is 38.9 Å². The fraction of sp³-hybridized carbons (Fsp3) is 0.541. The van der Waals surface area contributed by atoms with Crippen molar-refractivity contribution in [1.82, 2.24) is 5.32 Å². The van der Waals surface area contributed by atoms with Gasteiger partial charge in [0.2, 0.25) is 0 Å². The van der Waals surface area contributed by atoms with Crippen molar-refractivity contribution in [3.8, 4) is 0 Å². The molecule has 238 valence electrons. The number of nitrogens with one attached hydrogen (secondary N) is 2. The number of carbonyl (C=O) groups excluding carboxylic acids is 1. The Balaban J connectivity index is 1.90. The second-order valence-electron chi connectivity index (χ2n) is 14.5. The molecule has 5 atom stereocenters. The second kappa shape index (κ2) is 11.9. The van der Waals surface area contributed by atoms with Gasteiger partial charge in [-0.25, -0.2) is 0 Å². The van der Waals surface area contributed by atoms with E-state index in [2.05, 4.69) is 90.7 Å². The summed E-state index contributed by atoms with van der Waals surface area (Å²) in [6, 6.07) is 2.51. The van der Waals surface area contributed by atoms with Crippen molar-refractivity contribution in [3.05, 3.63) is 82.1 Å². The average molecular weight is 599 g/mol. The van der Waals surface area contributed by atoms with Gasteiger partial charge in [-0.2, -0.15) is 0 Å². The Labute approximate surface area is 267 Å². The van der Waals surface area contributed by atoms with E-state index in [-0.39, 0.29) is 34.7 Å². The molecule has 7 heteroatoms. The molecule has 0 bridgehead atoms. The first-order chi connectivity index (χ1) is 20.5. The number of hydrogen-bond donors (Lipinski definition) is 4. The molecule has 3 aliphatic rings. The number of allylic oxidation sites excluding steroid dienone is 4. The number of aliphatic hydroxyl groups is 1. The highest BCUT2D eigenvalue weighted by Crippen LogP contribution is 2.71. The molecule has 0 aromatic heterocycles. The van der Waals surface area contributed by atoms with Crippen molar-refractivity contribution >= 4 is 25.0 Å². The largest absolute Gasteiger partial charge is 0.511 e. The summed E-state index contributed by atoms with van der Waals surface area (Å²) < 4.78 is 0. The van der Waals surface area contributed by atoms with Gasteiger partial charge >= 0.3 is 0 Å². The number of aliphatic hydroxyl groups excluding tert-OH is 1. The van der Waals surface area contributed by atoms with E-state index < -0.39 is 5.31 Å². The first-order valence-electron chi connectivity index (χ1n) is 16.4. The Bertz CT molecular complexity index is 1480. The molecule has 0 fully saturated rings. The minimum Gasteiger partial charge on any atom is -0.511 e. The van der Waals surface area contributed by atoms with Gasteiger partial charge in [0.25, 0.3) is 0 Å². The molecule has 0 saturated carbocycles. The van der Waals surface area contributed by atoms with Crippen molar-refractivity contribution in [3.63, 3.8) is 0 Å². The number of hydrogen-bond acceptors (Lipinski definition) is 6. The molecular formula is C37H55BN4O2. The highest BCUT2D eigenvalue weighted by Gasteiger charge is 2.62. The summed E-state index contributed by atoms with van der Waals surface area (Å²) in [5.74, 6) is 1.16. The number of nitrogens with two attached hydrogens (primary N) is 1. The van der Waals surface area contributed by atoms with Crippen LogP contribution in [0.1, 0.15) is 88.7 Å². The van der Waals surface area contributed by atoms with E-state index in [1.807, 2.05) is 21.0 Å². The van der Waals surface area contributed by atoms with Gasteiger partial charge < -0.3 is 26.4 Å². The summed E-state index contributed by atoms with van der Waals surface area (Å²) in [6.45, 7) is 27.9. The first kappa shape index (κ1) is 33.5. The zero-order valence-corrected chi connectivity index (χ0v) is 28.9. The third-order valence-electron chi connectivity index (χ3n) is 11.4. The Morgan fingerprint density at radius 1 is 1.25 bits per heavy atom. The Morgan fingerprint density at radius 3 is 2.41 bits per heavy atom. The molecule has 1 aromatic carbocycles. The van der Waals surface area contributed by atoms with Crippen molar-refractivity contribution in [2.24, 2.45) is 28.9 Å². The lowest BCUT2D eigenvalue weighted by atomic mass is 9.35. The second-order valence-corrected chi connectivity index (χ2v) is 14.5. The van der Waals surface area contributed by atoms with Crippen LogP contribution >= 0.6 is 0 Å². The lowest BCUT2D eigenvalue weighted by Gasteiger charge is -2.62. The predicted octanol–water partition coefficient (Wildman–Crippen LogP) is 7.11. The van der Waals surface area contributed by atoms with Gasteiger partial charge in [-0.05, 0) is 84.9 Å². The number of rotatable bonds is 10. The van der Waals surface area contributed by atoms with E-state index in [0.717, 1.165) is 82.7 Å². The minimum absolute atomic E-state index is 0.0328. The summed E-state index contributed by atoms with van der Waals surface area (Å²) in [4.78, 5) is 17.0. The van der Waals surface area contributed by atoms with Crippen LogP contribution in [-0.2, 0) is 6.42 Å². The quantitative estimate of drug-likeness (QED) is 0.215. The maximum absolute atomic E-state index is 14.9. The molecule has 4 rings (SSSR count). The van der Waals surface area contributed by atoms with Gasteiger partial charge in [-0.15, -0.1) is 0 Å². The fourth-order valence-electron chi connectivity index (χ4n) is 9.05. The lowest BCUT2D eigenvalue weighted by molar-refractivity contribution is 0.0466. The third kappa shape index (κ3) is 4.91. The molecule has 0 spiro atoms. The van der Waals surface area contributed by atoms with Crippen LogP contribution in [0.25, 0.3) is 0 Å². The van der Waals surface area contributed by atoms with Crippen molar-refractivity contribution in [2.75, 3.05) is 24.3 Å². The smallest absolute Gasteiger partial charge is 0.189 e. The van der Waals surface area contributed by atoms with E-state index >= 15 is 0 Å². The van der Waals surface area contributed by atoms with Crippen molar-refractivity contribution in [1.29, 1.82) is 0 Å². The van der Waals surface area contributed by atoms with Crippen molar-refractivity contribution in [2.45, 2.75) is 91.9 Å². The normalized spacial score (nSPS) is 27.0. The SMILES string of the molecule is B[C@@]12C(=C)C(C(=C)N)=C(O)[C@@H](C(C)C)[C@]1(C)CC1Cc3c(N(C)C)cc(NC(=C)NC(CC)CCC)c(C)c3C(=O)C1=C2C. The zero-order valence-electron chi connectivity index (χ0n) is 28.9. The van der Waals surface area contributed by atoms with Crippen LogP contribution in [0.15, 0.2) is 65.4 Å². The van der Waals surface area contributed by atoms with E-state index in [0.29, 0.717) is 17.3 Å². The predicted molar refractivity (Wildman–Crippen MR) is 189 cm³/mol. The van der Waals surface area contributed by atoms with Gasteiger partial charge in [0.15, 0.2) is 5.78 Å². The van der Waals surface area contributed by atoms with Crippen molar-refractivity contribution < 1.29 is 9.90 Å². The molecular weight excluding hydrogens is 543 g/mol. The highest BCUT2D eigenvalue weighted by atomic mass is 16.3. The Kier molecular flexibility index (Phi) is 9.05. The summed E-state index contributed by atoms with van der Waals surface area (Å²) in [6.07, 6.45) is 4.72. The maximum atomic E-state index is 14.9.